The number of fused-ring (bicyclic) bond motifs is 2. The van der Waals surface area contributed by atoms with Crippen molar-refractivity contribution in [3.05, 3.63) is 34.6 Å². The van der Waals surface area contributed by atoms with Gasteiger partial charge in [-0.15, -0.1) is 0 Å². The first-order valence-corrected chi connectivity index (χ1v) is 9.62. The number of hydrogen-bond acceptors (Lipinski definition) is 3. The normalized spacial score (nSPS) is 30.7. The Kier molecular flexibility index (Phi) is 4.65. The van der Waals surface area contributed by atoms with Gasteiger partial charge in [-0.05, 0) is 49.3 Å². The Bertz CT molecular complexity index is 733. The summed E-state index contributed by atoms with van der Waals surface area (Å²) in [5.41, 5.74) is 6.31. The largest absolute Gasteiger partial charge is 0.339 e. The number of benzene rings is 1. The Hall–Kier alpha value is -1.66. The number of rotatable bonds is 2. The number of carbonyl (C=O) groups excluding carboxylic acids is 2. The average Bonchev–Trinajstić information content (AvgIpc) is 3.22. The Labute approximate surface area is 157 Å². The highest BCUT2D eigenvalue weighted by Gasteiger charge is 2.50. The van der Waals surface area contributed by atoms with Crippen LogP contribution in [0.5, 0.6) is 0 Å². The zero-order valence-corrected chi connectivity index (χ0v) is 15.3. The first-order valence-electron chi connectivity index (χ1n) is 9.24. The molecule has 4 unspecified atom stereocenters. The molecule has 1 aromatic carbocycles. The lowest BCUT2D eigenvalue weighted by molar-refractivity contribution is -0.139. The van der Waals surface area contributed by atoms with Gasteiger partial charge in [0.15, 0.2) is 0 Å². The molecule has 2 aliphatic carbocycles. The molecule has 0 aromatic heterocycles. The summed E-state index contributed by atoms with van der Waals surface area (Å²) in [5, 5.41) is 0.261. The second kappa shape index (κ2) is 6.82. The molecular weight excluding hydrogens is 357 g/mol. The lowest BCUT2D eigenvalue weighted by Crippen LogP contribution is -2.54. The molecule has 2 bridgehead atoms. The topological polar surface area (TPSA) is 66.6 Å². The molecule has 3 aliphatic rings. The van der Waals surface area contributed by atoms with Crippen LogP contribution in [0.3, 0.4) is 0 Å². The van der Waals surface area contributed by atoms with Gasteiger partial charge in [0, 0.05) is 37.2 Å². The van der Waals surface area contributed by atoms with E-state index in [1.54, 1.807) is 4.90 Å². The smallest absolute Gasteiger partial charge is 0.256 e. The fourth-order valence-electron chi connectivity index (χ4n) is 4.88. The monoisotopic (exact) mass is 379 g/mol. The van der Waals surface area contributed by atoms with Gasteiger partial charge in [0.25, 0.3) is 5.91 Å². The average molecular weight is 380 g/mol. The van der Waals surface area contributed by atoms with Crippen molar-refractivity contribution in [1.82, 2.24) is 9.80 Å². The molecule has 2 N–H and O–H groups in total. The van der Waals surface area contributed by atoms with Crippen molar-refractivity contribution in [1.29, 1.82) is 0 Å². The van der Waals surface area contributed by atoms with E-state index < -0.39 is 5.82 Å². The van der Waals surface area contributed by atoms with E-state index in [4.69, 9.17) is 17.3 Å². The third-order valence-electron chi connectivity index (χ3n) is 6.31. The van der Waals surface area contributed by atoms with Crippen LogP contribution in [0.25, 0.3) is 0 Å². The van der Waals surface area contributed by atoms with Crippen LogP contribution in [-0.4, -0.2) is 53.8 Å². The Morgan fingerprint density at radius 3 is 2.35 bits per heavy atom. The van der Waals surface area contributed by atoms with Gasteiger partial charge in [0.1, 0.15) is 5.82 Å². The molecule has 140 valence electrons. The molecule has 5 nitrogen and oxygen atoms in total. The van der Waals surface area contributed by atoms with Crippen LogP contribution in [-0.2, 0) is 4.79 Å². The van der Waals surface area contributed by atoms with Crippen LogP contribution in [0.2, 0.25) is 5.02 Å². The lowest BCUT2D eigenvalue weighted by Gasteiger charge is -2.38. The van der Waals surface area contributed by atoms with Gasteiger partial charge < -0.3 is 15.5 Å². The van der Waals surface area contributed by atoms with Gasteiger partial charge in [-0.2, -0.15) is 0 Å². The fraction of sp³-hybridized carbons (Fsp3) is 0.579. The lowest BCUT2D eigenvalue weighted by atomic mass is 9.84. The third kappa shape index (κ3) is 2.99. The molecule has 1 aliphatic heterocycles. The highest BCUT2D eigenvalue weighted by molar-refractivity contribution is 6.30. The minimum Gasteiger partial charge on any atom is -0.339 e. The van der Waals surface area contributed by atoms with E-state index in [2.05, 4.69) is 0 Å². The first kappa shape index (κ1) is 17.7. The first-order chi connectivity index (χ1) is 12.5. The van der Waals surface area contributed by atoms with Crippen molar-refractivity contribution < 1.29 is 14.0 Å². The number of amides is 2. The van der Waals surface area contributed by atoms with Crippen LogP contribution in [0.15, 0.2) is 18.2 Å². The van der Waals surface area contributed by atoms with Crippen LogP contribution in [0.1, 0.15) is 29.6 Å². The molecule has 1 heterocycles. The summed E-state index contributed by atoms with van der Waals surface area (Å²) in [6, 6.07) is 4.04. The molecule has 0 spiro atoms. The van der Waals surface area contributed by atoms with Crippen LogP contribution >= 0.6 is 11.6 Å². The number of nitrogens with two attached hydrogens (primary N) is 1. The Morgan fingerprint density at radius 2 is 1.73 bits per heavy atom. The number of nitrogens with zero attached hydrogens (tertiary/aromatic N) is 2. The number of hydrogen-bond donors (Lipinski definition) is 1. The van der Waals surface area contributed by atoms with Gasteiger partial charge in [-0.3, -0.25) is 9.59 Å². The predicted molar refractivity (Wildman–Crippen MR) is 96.2 cm³/mol. The van der Waals surface area contributed by atoms with E-state index >= 15 is 0 Å². The van der Waals surface area contributed by atoms with Gasteiger partial charge >= 0.3 is 0 Å². The summed E-state index contributed by atoms with van der Waals surface area (Å²) < 4.78 is 14.0. The van der Waals surface area contributed by atoms with E-state index in [0.717, 1.165) is 25.3 Å². The third-order valence-corrected chi connectivity index (χ3v) is 6.54. The van der Waals surface area contributed by atoms with Crippen LogP contribution < -0.4 is 5.73 Å². The van der Waals surface area contributed by atoms with E-state index in [9.17, 15) is 14.0 Å². The zero-order chi connectivity index (χ0) is 18.4. The summed E-state index contributed by atoms with van der Waals surface area (Å²) in [7, 11) is 0. The van der Waals surface area contributed by atoms with Gasteiger partial charge in [0.05, 0.1) is 11.5 Å². The molecule has 1 saturated heterocycles. The van der Waals surface area contributed by atoms with Gasteiger partial charge in [-0.25, -0.2) is 4.39 Å². The minimum atomic E-state index is -0.617. The van der Waals surface area contributed by atoms with Crippen molar-refractivity contribution >= 4 is 23.4 Å². The fourth-order valence-corrected chi connectivity index (χ4v) is 5.04. The Morgan fingerprint density at radius 1 is 1.08 bits per heavy atom. The van der Waals surface area contributed by atoms with E-state index in [1.807, 2.05) is 4.90 Å². The summed E-state index contributed by atoms with van der Waals surface area (Å²) in [5.74, 6) is 0.00561. The van der Waals surface area contributed by atoms with E-state index in [-0.39, 0.29) is 34.4 Å². The summed E-state index contributed by atoms with van der Waals surface area (Å²) in [6.07, 6.45) is 3.32. The van der Waals surface area contributed by atoms with E-state index in [1.165, 1.54) is 12.1 Å². The summed E-state index contributed by atoms with van der Waals surface area (Å²) >= 11 is 5.74. The molecule has 7 heteroatoms. The molecule has 1 aromatic rings. The highest BCUT2D eigenvalue weighted by atomic mass is 35.5. The second-order valence-corrected chi connectivity index (χ2v) is 8.11. The maximum absolute atomic E-state index is 14.0. The molecule has 26 heavy (non-hydrogen) atoms. The molecule has 0 radical (unpaired) electrons. The van der Waals surface area contributed by atoms with Crippen LogP contribution in [0.4, 0.5) is 4.39 Å². The maximum atomic E-state index is 14.0. The second-order valence-electron chi connectivity index (χ2n) is 7.68. The molecule has 3 fully saturated rings. The SMILES string of the molecule is NC1C2CCC(C2)C1C(=O)N1CCN(C(=O)c2ccc(Cl)cc2F)CC1. The summed E-state index contributed by atoms with van der Waals surface area (Å²) in [6.45, 7) is 1.76. The molecule has 4 rings (SSSR count). The predicted octanol–water partition coefficient (Wildman–Crippen LogP) is 2.14. The molecule has 2 saturated carbocycles. The number of halogens is 2. The highest BCUT2D eigenvalue weighted by Crippen LogP contribution is 2.48. The molecule has 4 atom stereocenters. The Balaban J connectivity index is 1.38. The quantitative estimate of drug-likeness (QED) is 0.856. The maximum Gasteiger partial charge on any atom is 0.256 e. The van der Waals surface area contributed by atoms with Crippen molar-refractivity contribution in [3.63, 3.8) is 0 Å². The van der Waals surface area contributed by atoms with Gasteiger partial charge in [-0.1, -0.05) is 11.6 Å². The van der Waals surface area contributed by atoms with Crippen LogP contribution in [0, 0.1) is 23.6 Å². The standard InChI is InChI=1S/C19H23ClFN3O2/c20-13-3-4-14(15(21)10-13)18(25)23-5-7-24(8-6-23)19(26)16-11-1-2-12(9-11)17(16)22/h3-4,10-12,16-17H,1-2,5-9,22H2. The zero-order valence-electron chi connectivity index (χ0n) is 14.5. The minimum absolute atomic E-state index is 0.0179. The van der Waals surface area contributed by atoms with E-state index in [0.29, 0.717) is 38.0 Å². The molecular formula is C19H23ClFN3O2. The summed E-state index contributed by atoms with van der Waals surface area (Å²) in [4.78, 5) is 28.9. The van der Waals surface area contributed by atoms with Gasteiger partial charge in [0.2, 0.25) is 5.91 Å². The number of piperazine rings is 1. The van der Waals surface area contributed by atoms with Crippen molar-refractivity contribution in [2.24, 2.45) is 23.5 Å². The van der Waals surface area contributed by atoms with Crippen molar-refractivity contribution in [2.75, 3.05) is 26.2 Å². The van der Waals surface area contributed by atoms with Crippen molar-refractivity contribution in [3.8, 4) is 0 Å². The van der Waals surface area contributed by atoms with Crippen molar-refractivity contribution in [2.45, 2.75) is 25.3 Å². The molecule has 2 amide bonds. The number of carbonyl (C=O) groups is 2.